The van der Waals surface area contributed by atoms with E-state index in [1.54, 1.807) is 22.4 Å². The largest absolute Gasteiger partial charge is 0.372 e. The number of thioether (sulfide) groups is 1. The maximum absolute atomic E-state index is 12.7. The van der Waals surface area contributed by atoms with E-state index in [0.29, 0.717) is 19.5 Å². The van der Waals surface area contributed by atoms with E-state index in [1.807, 2.05) is 32.6 Å². The normalized spacial score (nSPS) is 26.7. The fraction of sp³-hybridized carbons (Fsp3) is 0.706. The molecule has 1 fully saturated rings. The molecule has 0 aliphatic carbocycles. The zero-order valence-electron chi connectivity index (χ0n) is 14.7. The van der Waals surface area contributed by atoms with Crippen molar-refractivity contribution in [2.24, 2.45) is 0 Å². The van der Waals surface area contributed by atoms with Crippen LogP contribution in [0.1, 0.15) is 51.8 Å². The highest BCUT2D eigenvalue weighted by Crippen LogP contribution is 2.33. The summed E-state index contributed by atoms with van der Waals surface area (Å²) in [6, 6.07) is 1.50. The van der Waals surface area contributed by atoms with Crippen LogP contribution >= 0.6 is 11.8 Å². The summed E-state index contributed by atoms with van der Waals surface area (Å²) in [7, 11) is 0. The van der Waals surface area contributed by atoms with Gasteiger partial charge in [-0.15, -0.1) is 0 Å². The number of ether oxygens (including phenoxy) is 1. The van der Waals surface area contributed by atoms with Crippen molar-refractivity contribution in [1.82, 2.24) is 14.5 Å². The second kappa shape index (κ2) is 6.88. The van der Waals surface area contributed by atoms with Gasteiger partial charge in [0.1, 0.15) is 0 Å². The molecule has 0 radical (unpaired) electrons. The van der Waals surface area contributed by atoms with Crippen molar-refractivity contribution in [2.75, 3.05) is 18.8 Å². The third-order valence-electron chi connectivity index (χ3n) is 4.48. The molecule has 6 nitrogen and oxygen atoms in total. The predicted molar refractivity (Wildman–Crippen MR) is 93.6 cm³/mol. The highest BCUT2D eigenvalue weighted by molar-refractivity contribution is 7.99. The average Bonchev–Trinajstić information content (AvgIpc) is 2.89. The summed E-state index contributed by atoms with van der Waals surface area (Å²) in [5, 5.41) is 0.743. The van der Waals surface area contributed by atoms with E-state index < -0.39 is 0 Å². The van der Waals surface area contributed by atoms with Crippen LogP contribution in [0.5, 0.6) is 0 Å². The second-order valence-electron chi connectivity index (χ2n) is 7.05. The van der Waals surface area contributed by atoms with Crippen molar-refractivity contribution in [3.8, 4) is 0 Å². The molecule has 0 unspecified atom stereocenters. The standard InChI is InChI=1S/C17H25N3O3S/c1-10(2)14-6-16(22)20-13(9-24-17(20)18-14)5-15(21)19-7-11(3)23-12(4)8-19/h6,10-13H,5,7-9H2,1-4H3/t11-,12-,13-/m1/s1. The van der Waals surface area contributed by atoms with Crippen molar-refractivity contribution in [1.29, 1.82) is 0 Å². The third kappa shape index (κ3) is 3.52. The van der Waals surface area contributed by atoms with E-state index in [4.69, 9.17) is 4.74 Å². The van der Waals surface area contributed by atoms with Crippen LogP contribution in [0, 0.1) is 0 Å². The van der Waals surface area contributed by atoms with E-state index >= 15 is 0 Å². The average molecular weight is 351 g/mol. The fourth-order valence-corrected chi connectivity index (χ4v) is 4.48. The molecule has 1 aromatic heterocycles. The van der Waals surface area contributed by atoms with Crippen LogP contribution in [0.2, 0.25) is 0 Å². The number of carbonyl (C=O) groups is 1. The van der Waals surface area contributed by atoms with Gasteiger partial charge in [-0.1, -0.05) is 25.6 Å². The van der Waals surface area contributed by atoms with Gasteiger partial charge in [0.15, 0.2) is 5.16 Å². The summed E-state index contributed by atoms with van der Waals surface area (Å²) < 4.78 is 7.38. The number of hydrogen-bond donors (Lipinski definition) is 0. The van der Waals surface area contributed by atoms with Crippen LogP contribution in [0.4, 0.5) is 0 Å². The Morgan fingerprint density at radius 3 is 2.67 bits per heavy atom. The number of hydrogen-bond acceptors (Lipinski definition) is 5. The molecule has 2 aliphatic heterocycles. The van der Waals surface area contributed by atoms with Gasteiger partial charge < -0.3 is 9.64 Å². The first kappa shape index (κ1) is 17.5. The SMILES string of the molecule is CC(C)c1cc(=O)n2c(n1)SC[C@H]2CC(=O)N1C[C@@H](C)O[C@H](C)C1. The monoisotopic (exact) mass is 351 g/mol. The van der Waals surface area contributed by atoms with E-state index in [0.717, 1.165) is 16.6 Å². The van der Waals surface area contributed by atoms with Gasteiger partial charge in [-0.2, -0.15) is 0 Å². The summed E-state index contributed by atoms with van der Waals surface area (Å²) in [6.07, 6.45) is 0.462. The van der Waals surface area contributed by atoms with Gasteiger partial charge in [0.2, 0.25) is 5.91 Å². The molecule has 0 bridgehead atoms. The molecular formula is C17H25N3O3S. The zero-order chi connectivity index (χ0) is 17.4. The smallest absolute Gasteiger partial charge is 0.254 e. The lowest BCUT2D eigenvalue weighted by molar-refractivity contribution is -0.143. The molecule has 7 heteroatoms. The van der Waals surface area contributed by atoms with E-state index in [-0.39, 0.29) is 35.6 Å². The molecule has 3 atom stereocenters. The lowest BCUT2D eigenvalue weighted by atomic mass is 10.1. The van der Waals surface area contributed by atoms with Crippen LogP contribution in [-0.4, -0.2) is 51.4 Å². The van der Waals surface area contributed by atoms with Gasteiger partial charge >= 0.3 is 0 Å². The van der Waals surface area contributed by atoms with Crippen LogP contribution < -0.4 is 5.56 Å². The van der Waals surface area contributed by atoms with Crippen molar-refractivity contribution in [3.63, 3.8) is 0 Å². The molecule has 1 saturated heterocycles. The van der Waals surface area contributed by atoms with Gasteiger partial charge in [-0.05, 0) is 19.8 Å². The Morgan fingerprint density at radius 1 is 1.38 bits per heavy atom. The molecule has 0 aromatic carbocycles. The number of nitrogens with zero attached hydrogens (tertiary/aromatic N) is 3. The molecule has 0 saturated carbocycles. The Morgan fingerprint density at radius 2 is 2.04 bits per heavy atom. The number of carbonyl (C=O) groups excluding carboxylic acids is 1. The van der Waals surface area contributed by atoms with Crippen LogP contribution in [0.25, 0.3) is 0 Å². The minimum atomic E-state index is -0.104. The number of fused-ring (bicyclic) bond motifs is 1. The fourth-order valence-electron chi connectivity index (χ4n) is 3.33. The van der Waals surface area contributed by atoms with E-state index in [1.165, 1.54) is 0 Å². The number of rotatable bonds is 3. The minimum Gasteiger partial charge on any atom is -0.372 e. The molecule has 2 aliphatic rings. The van der Waals surface area contributed by atoms with Crippen LogP contribution in [0.3, 0.4) is 0 Å². The quantitative estimate of drug-likeness (QED) is 0.780. The molecule has 24 heavy (non-hydrogen) atoms. The van der Waals surface area contributed by atoms with Crippen LogP contribution in [-0.2, 0) is 9.53 Å². The predicted octanol–water partition coefficient (Wildman–Crippen LogP) is 2.04. The Labute approximate surface area is 146 Å². The van der Waals surface area contributed by atoms with Crippen LogP contribution in [0.15, 0.2) is 16.0 Å². The van der Waals surface area contributed by atoms with E-state index in [9.17, 15) is 9.59 Å². The number of amides is 1. The second-order valence-corrected chi connectivity index (χ2v) is 8.04. The van der Waals surface area contributed by atoms with Gasteiger partial charge in [-0.3, -0.25) is 14.2 Å². The van der Waals surface area contributed by atoms with Crippen molar-refractivity contribution in [2.45, 2.75) is 63.4 Å². The topological polar surface area (TPSA) is 64.4 Å². The molecule has 3 rings (SSSR count). The summed E-state index contributed by atoms with van der Waals surface area (Å²) in [5.74, 6) is 1.04. The first-order valence-corrected chi connectivity index (χ1v) is 9.53. The minimum absolute atomic E-state index is 0.0461. The Hall–Kier alpha value is -1.34. The molecule has 1 amide bonds. The van der Waals surface area contributed by atoms with Gasteiger partial charge in [0.25, 0.3) is 5.56 Å². The first-order valence-electron chi connectivity index (χ1n) is 8.54. The zero-order valence-corrected chi connectivity index (χ0v) is 15.5. The molecule has 132 valence electrons. The summed E-state index contributed by atoms with van der Waals surface area (Å²) in [4.78, 5) is 31.6. The van der Waals surface area contributed by atoms with Crippen molar-refractivity contribution < 1.29 is 9.53 Å². The maximum Gasteiger partial charge on any atom is 0.254 e. The molecule has 1 aromatic rings. The van der Waals surface area contributed by atoms with Gasteiger partial charge in [0.05, 0.1) is 23.9 Å². The third-order valence-corrected chi connectivity index (χ3v) is 5.58. The van der Waals surface area contributed by atoms with E-state index in [2.05, 4.69) is 4.98 Å². The molecule has 3 heterocycles. The maximum atomic E-state index is 12.7. The van der Waals surface area contributed by atoms with Gasteiger partial charge in [0, 0.05) is 31.3 Å². The summed E-state index contributed by atoms with van der Waals surface area (Å²) >= 11 is 1.57. The Balaban J connectivity index is 1.75. The Kier molecular flexibility index (Phi) is 5.01. The number of morpholine rings is 1. The molecule has 0 spiro atoms. The highest BCUT2D eigenvalue weighted by atomic mass is 32.2. The number of aromatic nitrogens is 2. The van der Waals surface area contributed by atoms with Crippen molar-refractivity contribution in [3.05, 3.63) is 22.1 Å². The first-order chi connectivity index (χ1) is 11.3. The molecular weight excluding hydrogens is 326 g/mol. The highest BCUT2D eigenvalue weighted by Gasteiger charge is 2.32. The summed E-state index contributed by atoms with van der Waals surface area (Å²) in [6.45, 7) is 9.27. The lowest BCUT2D eigenvalue weighted by Gasteiger charge is -2.35. The summed E-state index contributed by atoms with van der Waals surface area (Å²) in [5.41, 5.74) is 0.775. The van der Waals surface area contributed by atoms with Gasteiger partial charge in [-0.25, -0.2) is 4.98 Å². The molecule has 0 N–H and O–H groups in total. The lowest BCUT2D eigenvalue weighted by Crippen LogP contribution is -2.48. The van der Waals surface area contributed by atoms with Crippen molar-refractivity contribution >= 4 is 17.7 Å². The Bertz CT molecular complexity index is 678.